The fraction of sp³-hybridized carbons (Fsp3) is 0.727. The van der Waals surface area contributed by atoms with Crippen LogP contribution in [0.3, 0.4) is 0 Å². The number of anilines is 1. The maximum Gasteiger partial charge on any atom is 0.0898 e. The van der Waals surface area contributed by atoms with Crippen LogP contribution in [0.1, 0.15) is 11.4 Å². The topological polar surface area (TPSA) is 56.3 Å². The number of ether oxygens (including phenoxy) is 1. The van der Waals surface area contributed by atoms with Gasteiger partial charge in [-0.2, -0.15) is 5.10 Å². The molecule has 1 atom stereocenters. The molecule has 0 aliphatic carbocycles. The first-order chi connectivity index (χ1) is 7.58. The van der Waals surface area contributed by atoms with Gasteiger partial charge in [-0.05, 0) is 20.9 Å². The van der Waals surface area contributed by atoms with Crippen molar-refractivity contribution in [2.75, 3.05) is 32.5 Å². The van der Waals surface area contributed by atoms with Crippen LogP contribution >= 0.6 is 0 Å². The lowest BCUT2D eigenvalue weighted by atomic mass is 10.2. The highest BCUT2D eigenvalue weighted by Gasteiger charge is 2.20. The summed E-state index contributed by atoms with van der Waals surface area (Å²) in [7, 11) is 2.12. The molecule has 0 radical (unpaired) electrons. The first kappa shape index (κ1) is 11.4. The minimum atomic E-state index is 0.219. The average molecular weight is 224 g/mol. The van der Waals surface area contributed by atoms with Gasteiger partial charge in [-0.1, -0.05) is 0 Å². The molecule has 1 aliphatic rings. The molecule has 1 aromatic rings. The van der Waals surface area contributed by atoms with Crippen molar-refractivity contribution >= 4 is 5.69 Å². The number of aryl methyl sites for hydroxylation is 1. The highest BCUT2D eigenvalue weighted by Crippen LogP contribution is 2.16. The molecule has 1 unspecified atom stereocenters. The number of rotatable bonds is 2. The molecular weight excluding hydrogens is 204 g/mol. The van der Waals surface area contributed by atoms with E-state index in [1.54, 1.807) is 0 Å². The quantitative estimate of drug-likeness (QED) is 0.790. The van der Waals surface area contributed by atoms with Crippen LogP contribution in [0.25, 0.3) is 0 Å². The summed E-state index contributed by atoms with van der Waals surface area (Å²) in [5.41, 5.74) is 8.64. The van der Waals surface area contributed by atoms with Gasteiger partial charge in [0.25, 0.3) is 0 Å². The second-order valence-electron chi connectivity index (χ2n) is 4.52. The van der Waals surface area contributed by atoms with Gasteiger partial charge in [0.15, 0.2) is 0 Å². The molecule has 0 bridgehead atoms. The Balaban J connectivity index is 2.05. The monoisotopic (exact) mass is 224 g/mol. The third kappa shape index (κ3) is 2.20. The van der Waals surface area contributed by atoms with Crippen LogP contribution in [0.15, 0.2) is 0 Å². The Morgan fingerprint density at radius 1 is 1.50 bits per heavy atom. The number of nitrogens with zero attached hydrogens (tertiary/aromatic N) is 3. The summed E-state index contributed by atoms with van der Waals surface area (Å²) in [6.07, 6.45) is 0.219. The second kappa shape index (κ2) is 4.43. The molecule has 90 valence electrons. The largest absolute Gasteiger partial charge is 0.396 e. The van der Waals surface area contributed by atoms with Gasteiger partial charge in [-0.3, -0.25) is 4.68 Å². The van der Waals surface area contributed by atoms with Crippen molar-refractivity contribution in [2.45, 2.75) is 26.5 Å². The lowest BCUT2D eigenvalue weighted by molar-refractivity contribution is -0.0293. The Labute approximate surface area is 96.2 Å². The maximum atomic E-state index is 5.90. The van der Waals surface area contributed by atoms with Crippen LogP contribution in [0.5, 0.6) is 0 Å². The number of hydrogen-bond acceptors (Lipinski definition) is 4. The van der Waals surface area contributed by atoms with E-state index in [1.807, 2.05) is 18.5 Å². The van der Waals surface area contributed by atoms with Gasteiger partial charge in [-0.25, -0.2) is 0 Å². The molecule has 1 saturated heterocycles. The number of aromatic nitrogens is 2. The van der Waals surface area contributed by atoms with Crippen molar-refractivity contribution < 1.29 is 4.74 Å². The van der Waals surface area contributed by atoms with E-state index in [2.05, 4.69) is 17.0 Å². The van der Waals surface area contributed by atoms with Crippen LogP contribution < -0.4 is 5.73 Å². The standard InChI is InChI=1S/C11H20N4O/c1-8-11(12)9(2)15(13-8)7-10-6-14(3)4-5-16-10/h10H,4-7,12H2,1-3H3. The van der Waals surface area contributed by atoms with Gasteiger partial charge >= 0.3 is 0 Å². The van der Waals surface area contributed by atoms with E-state index in [4.69, 9.17) is 10.5 Å². The van der Waals surface area contributed by atoms with Crippen molar-refractivity contribution in [2.24, 2.45) is 0 Å². The highest BCUT2D eigenvalue weighted by atomic mass is 16.5. The van der Waals surface area contributed by atoms with Crippen LogP contribution in [0, 0.1) is 13.8 Å². The second-order valence-corrected chi connectivity index (χ2v) is 4.52. The Morgan fingerprint density at radius 2 is 2.25 bits per heavy atom. The molecule has 0 aromatic carbocycles. The van der Waals surface area contributed by atoms with E-state index in [0.29, 0.717) is 0 Å². The smallest absolute Gasteiger partial charge is 0.0898 e. The number of nitrogen functional groups attached to an aromatic ring is 1. The molecule has 2 N–H and O–H groups in total. The molecule has 16 heavy (non-hydrogen) atoms. The minimum absolute atomic E-state index is 0.219. The summed E-state index contributed by atoms with van der Waals surface area (Å²) < 4.78 is 7.67. The zero-order valence-corrected chi connectivity index (χ0v) is 10.2. The average Bonchev–Trinajstić information content (AvgIpc) is 2.47. The maximum absolute atomic E-state index is 5.90. The third-order valence-electron chi connectivity index (χ3n) is 3.16. The van der Waals surface area contributed by atoms with Crippen molar-refractivity contribution in [3.63, 3.8) is 0 Å². The van der Waals surface area contributed by atoms with E-state index >= 15 is 0 Å². The fourth-order valence-electron chi connectivity index (χ4n) is 2.06. The van der Waals surface area contributed by atoms with Crippen LogP contribution in [-0.4, -0.2) is 47.5 Å². The summed E-state index contributed by atoms with van der Waals surface area (Å²) in [5.74, 6) is 0. The molecule has 1 aliphatic heterocycles. The molecule has 0 amide bonds. The van der Waals surface area contributed by atoms with Crippen LogP contribution in [0.4, 0.5) is 5.69 Å². The predicted molar refractivity (Wildman–Crippen MR) is 63.4 cm³/mol. The Hall–Kier alpha value is -1.07. The summed E-state index contributed by atoms with van der Waals surface area (Å²) in [4.78, 5) is 2.28. The van der Waals surface area contributed by atoms with E-state index in [1.165, 1.54) is 0 Å². The van der Waals surface area contributed by atoms with Crippen LogP contribution in [-0.2, 0) is 11.3 Å². The van der Waals surface area contributed by atoms with E-state index in [9.17, 15) is 0 Å². The molecule has 1 aromatic heterocycles. The summed E-state index contributed by atoms with van der Waals surface area (Å²) in [6.45, 7) is 7.49. The van der Waals surface area contributed by atoms with Crippen molar-refractivity contribution in [1.29, 1.82) is 0 Å². The zero-order valence-electron chi connectivity index (χ0n) is 10.2. The predicted octanol–water partition coefficient (Wildman–Crippen LogP) is 0.413. The van der Waals surface area contributed by atoms with Crippen molar-refractivity contribution in [3.8, 4) is 0 Å². The minimum Gasteiger partial charge on any atom is -0.396 e. The number of nitrogens with two attached hydrogens (primary N) is 1. The molecule has 5 heteroatoms. The Kier molecular flexibility index (Phi) is 3.16. The van der Waals surface area contributed by atoms with E-state index < -0.39 is 0 Å². The first-order valence-electron chi connectivity index (χ1n) is 5.67. The van der Waals surface area contributed by atoms with E-state index in [-0.39, 0.29) is 6.10 Å². The number of hydrogen-bond donors (Lipinski definition) is 1. The normalized spacial score (nSPS) is 22.6. The molecule has 0 spiro atoms. The van der Waals surface area contributed by atoms with Gasteiger partial charge in [0, 0.05) is 13.1 Å². The third-order valence-corrected chi connectivity index (χ3v) is 3.16. The Morgan fingerprint density at radius 3 is 2.81 bits per heavy atom. The lowest BCUT2D eigenvalue weighted by Crippen LogP contribution is -2.42. The van der Waals surface area contributed by atoms with Gasteiger partial charge in [0.1, 0.15) is 0 Å². The van der Waals surface area contributed by atoms with Crippen molar-refractivity contribution in [3.05, 3.63) is 11.4 Å². The van der Waals surface area contributed by atoms with E-state index in [0.717, 1.165) is 43.3 Å². The molecular formula is C11H20N4O. The molecule has 2 rings (SSSR count). The lowest BCUT2D eigenvalue weighted by Gasteiger charge is -2.30. The molecule has 5 nitrogen and oxygen atoms in total. The highest BCUT2D eigenvalue weighted by molar-refractivity contribution is 5.46. The zero-order chi connectivity index (χ0) is 11.7. The molecule has 2 heterocycles. The van der Waals surface area contributed by atoms with Crippen LogP contribution in [0.2, 0.25) is 0 Å². The SMILES string of the molecule is Cc1nn(CC2CN(C)CCO2)c(C)c1N. The van der Waals surface area contributed by atoms with Gasteiger partial charge < -0.3 is 15.4 Å². The first-order valence-corrected chi connectivity index (χ1v) is 5.67. The number of morpholine rings is 1. The van der Waals surface area contributed by atoms with Gasteiger partial charge in [-0.15, -0.1) is 0 Å². The van der Waals surface area contributed by atoms with Crippen molar-refractivity contribution in [1.82, 2.24) is 14.7 Å². The molecule has 0 saturated carbocycles. The fourth-order valence-corrected chi connectivity index (χ4v) is 2.06. The summed E-state index contributed by atoms with van der Waals surface area (Å²) in [6, 6.07) is 0. The summed E-state index contributed by atoms with van der Waals surface area (Å²) in [5, 5.41) is 4.42. The van der Waals surface area contributed by atoms with Gasteiger partial charge in [0.2, 0.25) is 0 Å². The van der Waals surface area contributed by atoms with Gasteiger partial charge in [0.05, 0.1) is 36.3 Å². The molecule has 1 fully saturated rings. The Bertz CT molecular complexity index is 374. The number of likely N-dealkylation sites (N-methyl/N-ethyl adjacent to an activating group) is 1. The summed E-state index contributed by atoms with van der Waals surface area (Å²) >= 11 is 0.